The maximum absolute atomic E-state index is 12.7. The first-order valence-corrected chi connectivity index (χ1v) is 14.5. The molecular formula is C32H33N7O5. The normalized spacial score (nSPS) is 15.2. The van der Waals surface area contributed by atoms with E-state index in [1.165, 1.54) is 0 Å². The Morgan fingerprint density at radius 2 is 1.50 bits per heavy atom. The molecule has 6 rings (SSSR count). The van der Waals surface area contributed by atoms with Crippen molar-refractivity contribution in [1.29, 1.82) is 0 Å². The van der Waals surface area contributed by atoms with Crippen molar-refractivity contribution < 1.29 is 23.8 Å². The van der Waals surface area contributed by atoms with Crippen molar-refractivity contribution in [2.24, 2.45) is 0 Å². The van der Waals surface area contributed by atoms with Gasteiger partial charge in [-0.25, -0.2) is 14.8 Å². The molecular weight excluding hydrogens is 562 g/mol. The van der Waals surface area contributed by atoms with E-state index in [1.807, 2.05) is 43.3 Å². The fraction of sp³-hybridized carbons (Fsp3) is 0.281. The lowest BCUT2D eigenvalue weighted by molar-refractivity contribution is -0.125. The maximum Gasteiger partial charge on any atom is 0.323 e. The standard InChI is InChI=1S/C32H33N7O5/c1-2-44-29-28(22-11-13-33-14-12-22)36-30(37-31(29)38-15-18-42-19-16-38)23-3-5-24(6-4-23)34-32(41)35-25-7-9-26(10-8-25)39-17-20-43-21-27(39)40/h3-14H,2,15-21H2,1H3,(H2,34,35,41). The number of anilines is 4. The van der Waals surface area contributed by atoms with Gasteiger partial charge in [0.2, 0.25) is 0 Å². The first-order chi connectivity index (χ1) is 21.6. The van der Waals surface area contributed by atoms with Crippen LogP contribution in [0.2, 0.25) is 0 Å². The number of hydrogen-bond donors (Lipinski definition) is 2. The zero-order valence-corrected chi connectivity index (χ0v) is 24.4. The highest BCUT2D eigenvalue weighted by atomic mass is 16.5. The molecule has 2 aromatic carbocycles. The molecule has 2 aromatic heterocycles. The number of nitrogens with zero attached hydrogens (tertiary/aromatic N) is 5. The molecule has 0 atom stereocenters. The molecule has 2 aliphatic heterocycles. The third-order valence-corrected chi connectivity index (χ3v) is 7.22. The second kappa shape index (κ2) is 13.5. The lowest BCUT2D eigenvalue weighted by Gasteiger charge is -2.30. The monoisotopic (exact) mass is 595 g/mol. The minimum atomic E-state index is -0.389. The van der Waals surface area contributed by atoms with Crippen molar-refractivity contribution in [3.63, 3.8) is 0 Å². The molecule has 4 aromatic rings. The lowest BCUT2D eigenvalue weighted by atomic mass is 10.1. The largest absolute Gasteiger partial charge is 0.488 e. The van der Waals surface area contributed by atoms with Crippen LogP contribution in [0.25, 0.3) is 22.6 Å². The van der Waals surface area contributed by atoms with Crippen LogP contribution in [0.15, 0.2) is 73.1 Å². The molecule has 12 nitrogen and oxygen atoms in total. The Bertz CT molecular complexity index is 1590. The van der Waals surface area contributed by atoms with Gasteiger partial charge >= 0.3 is 6.03 Å². The van der Waals surface area contributed by atoms with E-state index in [2.05, 4.69) is 20.5 Å². The van der Waals surface area contributed by atoms with Crippen LogP contribution in [-0.4, -0.2) is 79.6 Å². The van der Waals surface area contributed by atoms with Crippen molar-refractivity contribution in [1.82, 2.24) is 15.0 Å². The van der Waals surface area contributed by atoms with Gasteiger partial charge in [0.05, 0.1) is 26.4 Å². The molecule has 2 aliphatic rings. The maximum atomic E-state index is 12.7. The molecule has 2 saturated heterocycles. The molecule has 44 heavy (non-hydrogen) atoms. The highest BCUT2D eigenvalue weighted by Gasteiger charge is 2.24. The summed E-state index contributed by atoms with van der Waals surface area (Å²) in [4.78, 5) is 42.7. The first kappa shape index (κ1) is 29.0. The number of benzene rings is 2. The van der Waals surface area contributed by atoms with Gasteiger partial charge in [0.1, 0.15) is 12.3 Å². The quantitative estimate of drug-likeness (QED) is 0.303. The summed E-state index contributed by atoms with van der Waals surface area (Å²) in [5, 5.41) is 5.69. The zero-order valence-electron chi connectivity index (χ0n) is 24.4. The third-order valence-electron chi connectivity index (χ3n) is 7.22. The Balaban J connectivity index is 1.20. The number of rotatable bonds is 8. The number of aromatic nitrogens is 3. The summed E-state index contributed by atoms with van der Waals surface area (Å²) in [7, 11) is 0. The summed E-state index contributed by atoms with van der Waals surface area (Å²) in [5.74, 6) is 1.80. The van der Waals surface area contributed by atoms with Gasteiger partial charge in [-0.3, -0.25) is 9.78 Å². The predicted octanol–water partition coefficient (Wildman–Crippen LogP) is 4.45. The number of hydrogen-bond acceptors (Lipinski definition) is 9. The predicted molar refractivity (Wildman–Crippen MR) is 167 cm³/mol. The van der Waals surface area contributed by atoms with Gasteiger partial charge in [0.15, 0.2) is 17.4 Å². The van der Waals surface area contributed by atoms with Crippen LogP contribution < -0.4 is 25.2 Å². The molecule has 0 radical (unpaired) electrons. The molecule has 226 valence electrons. The molecule has 0 spiro atoms. The van der Waals surface area contributed by atoms with E-state index in [4.69, 9.17) is 24.2 Å². The van der Waals surface area contributed by atoms with Crippen LogP contribution >= 0.6 is 0 Å². The van der Waals surface area contributed by atoms with Crippen molar-refractivity contribution in [3.8, 4) is 28.4 Å². The number of carbonyl (C=O) groups is 2. The van der Waals surface area contributed by atoms with Gasteiger partial charge < -0.3 is 34.6 Å². The summed E-state index contributed by atoms with van der Waals surface area (Å²) in [5.41, 5.74) is 4.32. The highest BCUT2D eigenvalue weighted by molar-refractivity contribution is 6.00. The lowest BCUT2D eigenvalue weighted by Crippen LogP contribution is -2.41. The summed E-state index contributed by atoms with van der Waals surface area (Å²) in [6.45, 7) is 6.09. The van der Waals surface area contributed by atoms with Gasteiger partial charge in [0, 0.05) is 60.2 Å². The number of ether oxygens (including phenoxy) is 3. The molecule has 0 unspecified atom stereocenters. The van der Waals surface area contributed by atoms with Crippen LogP contribution in [-0.2, 0) is 14.3 Å². The van der Waals surface area contributed by atoms with Crippen LogP contribution in [0.5, 0.6) is 5.75 Å². The minimum absolute atomic E-state index is 0.0762. The van der Waals surface area contributed by atoms with Crippen molar-refractivity contribution in [2.75, 3.05) is 73.1 Å². The van der Waals surface area contributed by atoms with Crippen LogP contribution in [0.3, 0.4) is 0 Å². The smallest absolute Gasteiger partial charge is 0.323 e. The van der Waals surface area contributed by atoms with Gasteiger partial charge in [-0.15, -0.1) is 0 Å². The Kier molecular flexibility index (Phi) is 8.90. The Labute approximate surface area is 255 Å². The molecule has 12 heteroatoms. The summed E-state index contributed by atoms with van der Waals surface area (Å²) < 4.78 is 16.9. The van der Waals surface area contributed by atoms with E-state index in [9.17, 15) is 9.59 Å². The molecule has 0 saturated carbocycles. The van der Waals surface area contributed by atoms with Crippen LogP contribution in [0.1, 0.15) is 6.92 Å². The number of morpholine rings is 2. The topological polar surface area (TPSA) is 131 Å². The second-order valence-corrected chi connectivity index (χ2v) is 10.1. The Morgan fingerprint density at radius 3 is 2.16 bits per heavy atom. The molecule has 0 bridgehead atoms. The Hall–Kier alpha value is -5.07. The summed E-state index contributed by atoms with van der Waals surface area (Å²) >= 11 is 0. The zero-order chi connectivity index (χ0) is 30.3. The number of nitrogens with one attached hydrogen (secondary N) is 2. The van der Waals surface area contributed by atoms with E-state index >= 15 is 0 Å². The molecule has 3 amide bonds. The van der Waals surface area contributed by atoms with E-state index in [0.717, 1.165) is 22.6 Å². The van der Waals surface area contributed by atoms with Gasteiger partial charge in [-0.05, 0) is 67.6 Å². The van der Waals surface area contributed by atoms with E-state index in [1.54, 1.807) is 41.6 Å². The van der Waals surface area contributed by atoms with Gasteiger partial charge in [0.25, 0.3) is 5.91 Å². The average molecular weight is 596 g/mol. The summed E-state index contributed by atoms with van der Waals surface area (Å²) in [6.07, 6.45) is 3.46. The van der Waals surface area contributed by atoms with E-state index in [-0.39, 0.29) is 18.5 Å². The van der Waals surface area contributed by atoms with Crippen LogP contribution in [0.4, 0.5) is 27.7 Å². The fourth-order valence-corrected chi connectivity index (χ4v) is 5.05. The molecule has 0 aliphatic carbocycles. The number of urea groups is 1. The Morgan fingerprint density at radius 1 is 0.841 bits per heavy atom. The number of pyridine rings is 1. The average Bonchev–Trinajstić information content (AvgIpc) is 3.07. The third kappa shape index (κ3) is 6.61. The minimum Gasteiger partial charge on any atom is -0.488 e. The number of carbonyl (C=O) groups excluding carboxylic acids is 2. The molecule has 2 fully saturated rings. The van der Waals surface area contributed by atoms with Crippen LogP contribution in [0, 0.1) is 0 Å². The first-order valence-electron chi connectivity index (χ1n) is 14.5. The SMILES string of the molecule is CCOc1c(-c2ccncc2)nc(-c2ccc(NC(=O)Nc3ccc(N4CCOCC4=O)cc3)cc2)nc1N1CCOCC1. The second-order valence-electron chi connectivity index (χ2n) is 10.1. The molecule has 2 N–H and O–H groups in total. The van der Waals surface area contributed by atoms with Crippen molar-refractivity contribution in [2.45, 2.75) is 6.92 Å². The highest BCUT2D eigenvalue weighted by Crippen LogP contribution is 2.38. The van der Waals surface area contributed by atoms with Crippen molar-refractivity contribution >= 4 is 34.8 Å². The fourth-order valence-electron chi connectivity index (χ4n) is 5.05. The molecule has 4 heterocycles. The van der Waals surface area contributed by atoms with E-state index in [0.29, 0.717) is 74.7 Å². The van der Waals surface area contributed by atoms with Gasteiger partial charge in [-0.2, -0.15) is 0 Å². The number of amides is 3. The van der Waals surface area contributed by atoms with Crippen molar-refractivity contribution in [3.05, 3.63) is 73.1 Å². The van der Waals surface area contributed by atoms with Gasteiger partial charge in [-0.1, -0.05) is 0 Å². The summed E-state index contributed by atoms with van der Waals surface area (Å²) in [6, 6.07) is 17.9. The van der Waals surface area contributed by atoms with E-state index < -0.39 is 0 Å².